The van der Waals surface area contributed by atoms with E-state index in [1.807, 2.05) is 6.07 Å². The lowest BCUT2D eigenvalue weighted by molar-refractivity contribution is 0.102. The number of hydrogen-bond acceptors (Lipinski definition) is 3. The Labute approximate surface area is 125 Å². The molecule has 2 rings (SSSR count). The summed E-state index contributed by atoms with van der Waals surface area (Å²) in [6.07, 6.45) is 0. The van der Waals surface area contributed by atoms with Crippen molar-refractivity contribution in [1.82, 2.24) is 0 Å². The van der Waals surface area contributed by atoms with Crippen LogP contribution in [0.25, 0.3) is 0 Å². The van der Waals surface area contributed by atoms with E-state index in [1.165, 1.54) is 18.2 Å². The molecule has 2 aromatic rings. The van der Waals surface area contributed by atoms with Gasteiger partial charge in [-0.25, -0.2) is 0 Å². The fourth-order valence-electron chi connectivity index (χ4n) is 1.59. The second-order valence-corrected chi connectivity index (χ2v) is 4.77. The quantitative estimate of drug-likeness (QED) is 0.828. The minimum Gasteiger partial charge on any atom is -0.504 e. The maximum absolute atomic E-state index is 12.0. The summed E-state index contributed by atoms with van der Waals surface area (Å²) in [7, 11) is 0. The molecule has 0 bridgehead atoms. The summed E-state index contributed by atoms with van der Waals surface area (Å²) in [4.78, 5) is 12.0. The van der Waals surface area contributed by atoms with Crippen LogP contribution in [-0.2, 0) is 0 Å². The van der Waals surface area contributed by atoms with Gasteiger partial charge in [0.25, 0.3) is 5.91 Å². The first kappa shape index (κ1) is 14.2. The van der Waals surface area contributed by atoms with Crippen molar-refractivity contribution >= 4 is 34.8 Å². The molecule has 6 heteroatoms. The van der Waals surface area contributed by atoms with Gasteiger partial charge in [0.1, 0.15) is 0 Å². The van der Waals surface area contributed by atoms with Crippen molar-refractivity contribution in [1.29, 1.82) is 5.26 Å². The molecule has 100 valence electrons. The molecule has 2 N–H and O–H groups in total. The molecule has 4 nitrogen and oxygen atoms in total. The zero-order valence-electron chi connectivity index (χ0n) is 10.0. The average molecular weight is 307 g/mol. The number of carbonyl (C=O) groups excluding carboxylic acids is 1. The fraction of sp³-hybridized carbons (Fsp3) is 0. The Morgan fingerprint density at radius 2 is 2.00 bits per heavy atom. The Morgan fingerprint density at radius 1 is 1.25 bits per heavy atom. The minimum atomic E-state index is -0.476. The van der Waals surface area contributed by atoms with E-state index >= 15 is 0 Å². The maximum Gasteiger partial charge on any atom is 0.255 e. The summed E-state index contributed by atoms with van der Waals surface area (Å²) in [5.41, 5.74) is 0.764. The van der Waals surface area contributed by atoms with Gasteiger partial charge in [0.15, 0.2) is 5.75 Å². The van der Waals surface area contributed by atoms with E-state index in [0.29, 0.717) is 11.1 Å². The Kier molecular flexibility index (Phi) is 4.14. The molecule has 0 aromatic heterocycles. The topological polar surface area (TPSA) is 73.1 Å². The van der Waals surface area contributed by atoms with Crippen LogP contribution in [0.2, 0.25) is 10.0 Å². The van der Waals surface area contributed by atoms with Crippen molar-refractivity contribution in [2.24, 2.45) is 0 Å². The number of nitrogens with zero attached hydrogens (tertiary/aromatic N) is 1. The molecule has 20 heavy (non-hydrogen) atoms. The highest BCUT2D eigenvalue weighted by Gasteiger charge is 2.12. The van der Waals surface area contributed by atoms with Crippen LogP contribution in [0.3, 0.4) is 0 Å². The number of aromatic hydroxyl groups is 1. The number of phenols is 1. The molecule has 0 heterocycles. The van der Waals surface area contributed by atoms with Crippen LogP contribution in [0.5, 0.6) is 5.75 Å². The molecule has 1 amide bonds. The predicted molar refractivity (Wildman–Crippen MR) is 77.2 cm³/mol. The monoisotopic (exact) mass is 306 g/mol. The van der Waals surface area contributed by atoms with Crippen molar-refractivity contribution in [2.75, 3.05) is 5.32 Å². The molecule has 0 fully saturated rings. The highest BCUT2D eigenvalue weighted by atomic mass is 35.5. The SMILES string of the molecule is N#Cc1cccc(C(=O)Nc2cc(Cl)cc(Cl)c2O)c1. The van der Waals surface area contributed by atoms with Gasteiger partial charge in [0.2, 0.25) is 0 Å². The number of halogens is 2. The fourth-order valence-corrected chi connectivity index (χ4v) is 2.08. The summed E-state index contributed by atoms with van der Waals surface area (Å²) in [6, 6.07) is 10.9. The van der Waals surface area contributed by atoms with Crippen LogP contribution in [-0.4, -0.2) is 11.0 Å². The Balaban J connectivity index is 2.30. The molecule has 0 spiro atoms. The smallest absolute Gasteiger partial charge is 0.255 e. The molecule has 0 atom stereocenters. The van der Waals surface area contributed by atoms with Gasteiger partial charge in [-0.15, -0.1) is 0 Å². The third-order valence-electron chi connectivity index (χ3n) is 2.53. The summed E-state index contributed by atoms with van der Waals surface area (Å²) in [5.74, 6) is -0.739. The Morgan fingerprint density at radius 3 is 2.70 bits per heavy atom. The Bertz CT molecular complexity index is 724. The van der Waals surface area contributed by atoms with E-state index in [-0.39, 0.29) is 21.5 Å². The van der Waals surface area contributed by atoms with Crippen molar-refractivity contribution in [3.63, 3.8) is 0 Å². The average Bonchev–Trinajstić information content (AvgIpc) is 2.44. The van der Waals surface area contributed by atoms with E-state index in [1.54, 1.807) is 18.2 Å². The second-order valence-electron chi connectivity index (χ2n) is 3.93. The number of benzene rings is 2. The van der Waals surface area contributed by atoms with Crippen molar-refractivity contribution in [2.45, 2.75) is 0 Å². The molecule has 0 aliphatic rings. The lowest BCUT2D eigenvalue weighted by Crippen LogP contribution is -2.12. The third kappa shape index (κ3) is 3.02. The highest BCUT2D eigenvalue weighted by Crippen LogP contribution is 2.35. The van der Waals surface area contributed by atoms with Gasteiger partial charge in [0.05, 0.1) is 22.3 Å². The standard InChI is InChI=1S/C14H8Cl2N2O2/c15-10-5-11(16)13(19)12(6-10)18-14(20)9-3-1-2-8(4-9)7-17/h1-6,19H,(H,18,20). The lowest BCUT2D eigenvalue weighted by Gasteiger charge is -2.09. The molecule has 0 aliphatic heterocycles. The summed E-state index contributed by atoms with van der Waals surface area (Å²) < 4.78 is 0. The summed E-state index contributed by atoms with van der Waals surface area (Å²) in [5, 5.41) is 21.4. The van der Waals surface area contributed by atoms with Crippen LogP contribution in [0.1, 0.15) is 15.9 Å². The molecule has 0 radical (unpaired) electrons. The molecular weight excluding hydrogens is 299 g/mol. The number of anilines is 1. The van der Waals surface area contributed by atoms with E-state index in [4.69, 9.17) is 28.5 Å². The van der Waals surface area contributed by atoms with Gasteiger partial charge < -0.3 is 10.4 Å². The summed E-state index contributed by atoms with van der Waals surface area (Å²) in [6.45, 7) is 0. The minimum absolute atomic E-state index is 0.0403. The van der Waals surface area contributed by atoms with Crippen LogP contribution in [0.15, 0.2) is 36.4 Å². The van der Waals surface area contributed by atoms with Gasteiger partial charge in [-0.05, 0) is 30.3 Å². The molecule has 0 unspecified atom stereocenters. The number of hydrogen-bond donors (Lipinski definition) is 2. The number of carbonyl (C=O) groups is 1. The van der Waals surface area contributed by atoms with Crippen LogP contribution in [0.4, 0.5) is 5.69 Å². The van der Waals surface area contributed by atoms with Crippen molar-refractivity contribution < 1.29 is 9.90 Å². The number of amides is 1. The number of nitriles is 1. The largest absolute Gasteiger partial charge is 0.504 e. The molecule has 2 aromatic carbocycles. The van der Waals surface area contributed by atoms with Crippen LogP contribution >= 0.6 is 23.2 Å². The number of phenolic OH excluding ortho intramolecular Hbond substituents is 1. The predicted octanol–water partition coefficient (Wildman–Crippen LogP) is 3.82. The van der Waals surface area contributed by atoms with E-state index in [0.717, 1.165) is 0 Å². The van der Waals surface area contributed by atoms with Crippen molar-refractivity contribution in [3.8, 4) is 11.8 Å². The second kappa shape index (κ2) is 5.83. The van der Waals surface area contributed by atoms with Crippen molar-refractivity contribution in [3.05, 3.63) is 57.6 Å². The Hall–Kier alpha value is -2.22. The van der Waals surface area contributed by atoms with Crippen LogP contribution < -0.4 is 5.32 Å². The highest BCUT2D eigenvalue weighted by molar-refractivity contribution is 6.36. The molecule has 0 aliphatic carbocycles. The van der Waals surface area contributed by atoms with Crippen LogP contribution in [0, 0.1) is 11.3 Å². The first-order valence-electron chi connectivity index (χ1n) is 5.51. The molecular formula is C14H8Cl2N2O2. The van der Waals surface area contributed by atoms with Gasteiger partial charge in [-0.3, -0.25) is 4.79 Å². The van der Waals surface area contributed by atoms with E-state index < -0.39 is 5.91 Å². The zero-order valence-corrected chi connectivity index (χ0v) is 11.5. The zero-order chi connectivity index (χ0) is 14.7. The number of nitrogens with one attached hydrogen (secondary N) is 1. The third-order valence-corrected chi connectivity index (χ3v) is 3.04. The van der Waals surface area contributed by atoms with E-state index in [2.05, 4.69) is 5.32 Å². The maximum atomic E-state index is 12.0. The first-order chi connectivity index (χ1) is 9.51. The number of rotatable bonds is 2. The lowest BCUT2D eigenvalue weighted by atomic mass is 10.1. The molecule has 0 saturated carbocycles. The van der Waals surface area contributed by atoms with E-state index in [9.17, 15) is 9.90 Å². The van der Waals surface area contributed by atoms with Gasteiger partial charge in [0, 0.05) is 10.6 Å². The van der Waals surface area contributed by atoms with Gasteiger partial charge in [-0.2, -0.15) is 5.26 Å². The van der Waals surface area contributed by atoms with Gasteiger partial charge >= 0.3 is 0 Å². The van der Waals surface area contributed by atoms with Gasteiger partial charge in [-0.1, -0.05) is 29.3 Å². The normalized spacial score (nSPS) is 9.85. The summed E-state index contributed by atoms with van der Waals surface area (Å²) >= 11 is 11.6. The first-order valence-corrected chi connectivity index (χ1v) is 6.26. The molecule has 0 saturated heterocycles.